The number of benzene rings is 2. The lowest BCUT2D eigenvalue weighted by atomic mass is 9.99. The third-order valence-electron chi connectivity index (χ3n) is 4.82. The summed E-state index contributed by atoms with van der Waals surface area (Å²) in [7, 11) is 0. The van der Waals surface area contributed by atoms with Crippen LogP contribution < -0.4 is 10.6 Å². The molecule has 132 valence electrons. The zero-order valence-corrected chi connectivity index (χ0v) is 14.6. The van der Waals surface area contributed by atoms with Gasteiger partial charge in [-0.25, -0.2) is 9.37 Å². The lowest BCUT2D eigenvalue weighted by molar-refractivity contribution is 0.626. The molecule has 0 spiro atoms. The minimum Gasteiger partial charge on any atom is -0.369 e. The molecule has 1 aliphatic heterocycles. The molecular weight excluding hydrogens is 325 g/mol. The number of anilines is 1. The molecule has 3 nitrogen and oxygen atoms in total. The topological polar surface area (TPSA) is 37.0 Å². The van der Waals surface area contributed by atoms with Crippen molar-refractivity contribution in [3.05, 3.63) is 83.3 Å². The van der Waals surface area contributed by atoms with Crippen molar-refractivity contribution in [1.29, 1.82) is 0 Å². The quantitative estimate of drug-likeness (QED) is 0.657. The first kappa shape index (κ1) is 16.7. The minimum atomic E-state index is -0.183. The van der Waals surface area contributed by atoms with Gasteiger partial charge in [0.2, 0.25) is 0 Å². The van der Waals surface area contributed by atoms with Gasteiger partial charge in [0.25, 0.3) is 0 Å². The predicted octanol–water partition coefficient (Wildman–Crippen LogP) is 4.19. The fourth-order valence-electron chi connectivity index (χ4n) is 3.39. The van der Waals surface area contributed by atoms with E-state index in [2.05, 4.69) is 45.9 Å². The molecule has 0 unspecified atom stereocenters. The van der Waals surface area contributed by atoms with Gasteiger partial charge in [-0.1, -0.05) is 36.4 Å². The second-order valence-corrected chi connectivity index (χ2v) is 6.61. The van der Waals surface area contributed by atoms with Gasteiger partial charge in [0.05, 0.1) is 0 Å². The van der Waals surface area contributed by atoms with Crippen LogP contribution in [-0.4, -0.2) is 18.1 Å². The summed E-state index contributed by atoms with van der Waals surface area (Å²) in [6.07, 6.45) is 3.80. The van der Waals surface area contributed by atoms with Crippen LogP contribution in [0.15, 0.2) is 60.8 Å². The first-order chi connectivity index (χ1) is 12.8. The van der Waals surface area contributed by atoms with E-state index in [9.17, 15) is 4.39 Å². The number of aromatic nitrogens is 1. The maximum atomic E-state index is 12.9. The van der Waals surface area contributed by atoms with Gasteiger partial charge in [-0.15, -0.1) is 0 Å². The molecule has 0 atom stereocenters. The molecule has 1 aliphatic rings. The Bertz CT molecular complexity index is 873. The van der Waals surface area contributed by atoms with E-state index in [-0.39, 0.29) is 5.82 Å². The second-order valence-electron chi connectivity index (χ2n) is 6.61. The summed E-state index contributed by atoms with van der Waals surface area (Å²) in [5.74, 6) is 0.839. The highest BCUT2D eigenvalue weighted by Crippen LogP contribution is 2.31. The van der Waals surface area contributed by atoms with Gasteiger partial charge in [0.1, 0.15) is 11.6 Å². The van der Waals surface area contributed by atoms with Crippen LogP contribution >= 0.6 is 0 Å². The van der Waals surface area contributed by atoms with E-state index in [4.69, 9.17) is 0 Å². The van der Waals surface area contributed by atoms with Gasteiger partial charge < -0.3 is 10.6 Å². The van der Waals surface area contributed by atoms with Crippen LogP contribution in [0, 0.1) is 5.82 Å². The van der Waals surface area contributed by atoms with Crippen LogP contribution in [0.1, 0.15) is 16.7 Å². The van der Waals surface area contributed by atoms with Crippen LogP contribution in [-0.2, 0) is 19.4 Å². The Labute approximate surface area is 153 Å². The Hall–Kier alpha value is -2.72. The van der Waals surface area contributed by atoms with Crippen molar-refractivity contribution < 1.29 is 4.39 Å². The zero-order valence-electron chi connectivity index (χ0n) is 14.6. The summed E-state index contributed by atoms with van der Waals surface area (Å²) < 4.78 is 12.9. The van der Waals surface area contributed by atoms with Crippen molar-refractivity contribution in [2.24, 2.45) is 0 Å². The average molecular weight is 347 g/mol. The minimum absolute atomic E-state index is 0.183. The van der Waals surface area contributed by atoms with Crippen LogP contribution in [0.3, 0.4) is 0 Å². The summed E-state index contributed by atoms with van der Waals surface area (Å²) in [6, 6.07) is 17.5. The fourth-order valence-corrected chi connectivity index (χ4v) is 3.39. The zero-order chi connectivity index (χ0) is 17.8. The molecule has 26 heavy (non-hydrogen) atoms. The summed E-state index contributed by atoms with van der Waals surface area (Å²) in [5.41, 5.74) is 6.24. The molecule has 0 saturated heterocycles. The van der Waals surface area contributed by atoms with Gasteiger partial charge in [0.15, 0.2) is 0 Å². The van der Waals surface area contributed by atoms with Gasteiger partial charge in [-0.3, -0.25) is 0 Å². The number of pyridine rings is 1. The Morgan fingerprint density at radius 3 is 2.54 bits per heavy atom. The third kappa shape index (κ3) is 3.75. The molecular formula is C22H22FN3. The molecule has 0 radical (unpaired) electrons. The largest absolute Gasteiger partial charge is 0.369 e. The van der Waals surface area contributed by atoms with E-state index in [0.717, 1.165) is 43.9 Å². The highest BCUT2D eigenvalue weighted by Gasteiger charge is 2.15. The van der Waals surface area contributed by atoms with Gasteiger partial charge in [-0.05, 0) is 59.8 Å². The van der Waals surface area contributed by atoms with Crippen LogP contribution in [0.4, 0.5) is 10.2 Å². The second kappa shape index (κ2) is 7.67. The molecule has 2 aromatic carbocycles. The predicted molar refractivity (Wildman–Crippen MR) is 104 cm³/mol. The fraction of sp³-hybridized carbons (Fsp3) is 0.227. The standard InChI is InChI=1S/C22H22FN3/c23-19-7-3-16(4-8-19)9-12-24-15-17-1-5-18(6-2-17)20-10-13-25-22-21(20)11-14-26-22/h1-8,10,13,24H,9,11-12,14-15H2,(H,25,26). The van der Waals surface area contributed by atoms with E-state index in [1.807, 2.05) is 18.3 Å². The molecule has 0 amide bonds. The summed E-state index contributed by atoms with van der Waals surface area (Å²) in [6.45, 7) is 2.67. The molecule has 1 aromatic heterocycles. The molecule has 2 N–H and O–H groups in total. The van der Waals surface area contributed by atoms with E-state index >= 15 is 0 Å². The summed E-state index contributed by atoms with van der Waals surface area (Å²) in [4.78, 5) is 4.40. The van der Waals surface area contributed by atoms with Crippen LogP contribution in [0.2, 0.25) is 0 Å². The Kier molecular flexibility index (Phi) is 4.93. The number of fused-ring (bicyclic) bond motifs is 1. The van der Waals surface area contributed by atoms with Crippen LogP contribution in [0.5, 0.6) is 0 Å². The first-order valence-electron chi connectivity index (χ1n) is 9.06. The third-order valence-corrected chi connectivity index (χ3v) is 4.82. The number of halogens is 1. The Balaban J connectivity index is 1.33. The number of nitrogens with zero attached hydrogens (tertiary/aromatic N) is 1. The monoisotopic (exact) mass is 347 g/mol. The van der Waals surface area contributed by atoms with E-state index in [1.165, 1.54) is 34.4 Å². The van der Waals surface area contributed by atoms with Crippen molar-refractivity contribution in [2.75, 3.05) is 18.4 Å². The molecule has 4 heteroatoms. The first-order valence-corrected chi connectivity index (χ1v) is 9.06. The average Bonchev–Trinajstić information content (AvgIpc) is 3.16. The maximum absolute atomic E-state index is 12.9. The van der Waals surface area contributed by atoms with Gasteiger partial charge >= 0.3 is 0 Å². The van der Waals surface area contributed by atoms with Crippen molar-refractivity contribution in [3.8, 4) is 11.1 Å². The molecule has 4 rings (SSSR count). The normalized spacial score (nSPS) is 12.7. The van der Waals surface area contributed by atoms with Crippen molar-refractivity contribution >= 4 is 5.82 Å². The van der Waals surface area contributed by atoms with Crippen molar-refractivity contribution in [1.82, 2.24) is 10.3 Å². The maximum Gasteiger partial charge on any atom is 0.129 e. The smallest absolute Gasteiger partial charge is 0.129 e. The molecule has 0 saturated carbocycles. The number of rotatable bonds is 6. The van der Waals surface area contributed by atoms with Crippen molar-refractivity contribution in [3.63, 3.8) is 0 Å². The molecule has 0 aliphatic carbocycles. The number of nitrogens with one attached hydrogen (secondary N) is 2. The summed E-state index contributed by atoms with van der Waals surface area (Å²) in [5, 5.41) is 6.78. The highest BCUT2D eigenvalue weighted by molar-refractivity contribution is 5.73. The van der Waals surface area contributed by atoms with Gasteiger partial charge in [-0.2, -0.15) is 0 Å². The SMILES string of the molecule is Fc1ccc(CCNCc2ccc(-c3ccnc4c3CCN4)cc2)cc1. The lowest BCUT2D eigenvalue weighted by Crippen LogP contribution is -2.16. The van der Waals surface area contributed by atoms with Crippen LogP contribution in [0.25, 0.3) is 11.1 Å². The Morgan fingerprint density at radius 1 is 0.962 bits per heavy atom. The van der Waals surface area contributed by atoms with E-state index < -0.39 is 0 Å². The highest BCUT2D eigenvalue weighted by atomic mass is 19.1. The number of hydrogen-bond acceptors (Lipinski definition) is 3. The molecule has 3 aromatic rings. The lowest BCUT2D eigenvalue weighted by Gasteiger charge is -2.09. The van der Waals surface area contributed by atoms with Crippen molar-refractivity contribution in [2.45, 2.75) is 19.4 Å². The van der Waals surface area contributed by atoms with E-state index in [0.29, 0.717) is 0 Å². The Morgan fingerprint density at radius 2 is 1.73 bits per heavy atom. The summed E-state index contributed by atoms with van der Waals surface area (Å²) >= 11 is 0. The molecule has 0 bridgehead atoms. The molecule has 2 heterocycles. The van der Waals surface area contributed by atoms with Gasteiger partial charge in [0, 0.05) is 24.8 Å². The van der Waals surface area contributed by atoms with E-state index in [1.54, 1.807) is 0 Å². The number of hydrogen-bond donors (Lipinski definition) is 2. The molecule has 0 fully saturated rings.